The minimum atomic E-state index is 0.388. The van der Waals surface area contributed by atoms with Crippen molar-refractivity contribution in [2.24, 2.45) is 0 Å². The second kappa shape index (κ2) is 6.55. The number of nitrogens with zero attached hydrogens (tertiary/aromatic N) is 4. The van der Waals surface area contributed by atoms with Crippen molar-refractivity contribution < 1.29 is 9.47 Å². The van der Waals surface area contributed by atoms with Crippen molar-refractivity contribution in [3.63, 3.8) is 0 Å². The zero-order chi connectivity index (χ0) is 18.2. The molecule has 1 aromatic carbocycles. The molecule has 0 saturated carbocycles. The molecule has 3 aromatic heterocycles. The highest BCUT2D eigenvalue weighted by molar-refractivity contribution is 6.09. The summed E-state index contributed by atoms with van der Waals surface area (Å²) in [6.45, 7) is 1.58. The summed E-state index contributed by atoms with van der Waals surface area (Å²) in [7, 11) is 1.66. The number of rotatable bonds is 4. The summed E-state index contributed by atoms with van der Waals surface area (Å²) in [5.74, 6) is 1.52. The van der Waals surface area contributed by atoms with E-state index in [1.807, 2.05) is 41.5 Å². The number of aromatic amines is 1. The van der Waals surface area contributed by atoms with Crippen LogP contribution < -0.4 is 10.1 Å². The fourth-order valence-corrected chi connectivity index (χ4v) is 3.58. The average molecular weight is 364 g/mol. The van der Waals surface area contributed by atoms with Crippen molar-refractivity contribution in [2.75, 3.05) is 25.6 Å². The van der Waals surface area contributed by atoms with Crippen LogP contribution in [0.5, 0.6) is 5.75 Å². The quantitative estimate of drug-likeness (QED) is 0.577. The number of nitrogens with one attached hydrogen (secondary N) is 2. The summed E-state index contributed by atoms with van der Waals surface area (Å²) >= 11 is 0. The molecule has 4 heterocycles. The third kappa shape index (κ3) is 2.87. The molecule has 1 saturated heterocycles. The van der Waals surface area contributed by atoms with Gasteiger partial charge in [0.05, 0.1) is 36.7 Å². The Morgan fingerprint density at radius 1 is 1.22 bits per heavy atom. The van der Waals surface area contributed by atoms with Crippen LogP contribution in [0.15, 0.2) is 36.8 Å². The first-order valence-corrected chi connectivity index (χ1v) is 9.01. The Hall–Kier alpha value is -3.13. The third-order valence-corrected chi connectivity index (χ3v) is 5.03. The van der Waals surface area contributed by atoms with Crippen LogP contribution in [0.2, 0.25) is 0 Å². The molecule has 8 heteroatoms. The van der Waals surface area contributed by atoms with E-state index in [2.05, 4.69) is 20.6 Å². The molecule has 1 aliphatic rings. The van der Waals surface area contributed by atoms with Crippen molar-refractivity contribution in [1.82, 2.24) is 25.0 Å². The second-order valence-corrected chi connectivity index (χ2v) is 6.68. The van der Waals surface area contributed by atoms with Gasteiger partial charge in [0, 0.05) is 30.2 Å². The molecule has 4 aromatic rings. The van der Waals surface area contributed by atoms with E-state index in [4.69, 9.17) is 14.5 Å². The smallest absolute Gasteiger partial charge is 0.157 e. The van der Waals surface area contributed by atoms with Gasteiger partial charge in [0.1, 0.15) is 11.3 Å². The Balaban J connectivity index is 1.51. The molecular formula is C19H20N6O2. The monoisotopic (exact) mass is 364 g/mol. The topological polar surface area (TPSA) is 89.9 Å². The Bertz CT molecular complexity index is 1100. The van der Waals surface area contributed by atoms with Crippen molar-refractivity contribution in [3.8, 4) is 5.75 Å². The fourth-order valence-electron chi connectivity index (χ4n) is 3.58. The van der Waals surface area contributed by atoms with E-state index in [1.165, 1.54) is 0 Å². The highest BCUT2D eigenvalue weighted by Gasteiger charge is 2.17. The Labute approximate surface area is 155 Å². The number of aromatic nitrogens is 5. The summed E-state index contributed by atoms with van der Waals surface area (Å²) in [5, 5.41) is 17.2. The molecule has 0 radical (unpaired) electrons. The predicted octanol–water partition coefficient (Wildman–Crippen LogP) is 3.41. The minimum Gasteiger partial charge on any atom is -0.497 e. The van der Waals surface area contributed by atoms with E-state index in [-0.39, 0.29) is 0 Å². The number of fused-ring (bicyclic) bond motifs is 3. The minimum absolute atomic E-state index is 0.388. The maximum Gasteiger partial charge on any atom is 0.157 e. The summed E-state index contributed by atoms with van der Waals surface area (Å²) in [6.07, 6.45) is 7.65. The van der Waals surface area contributed by atoms with Crippen LogP contribution in [0.25, 0.3) is 21.8 Å². The molecule has 1 fully saturated rings. The van der Waals surface area contributed by atoms with Crippen LogP contribution in [0, 0.1) is 0 Å². The SMILES string of the molecule is COc1ccc2nc(Nc3cnn(C4CCOCC4)c3)c3[nH]ncc3c2c1. The molecule has 0 aliphatic carbocycles. The van der Waals surface area contributed by atoms with Gasteiger partial charge in [-0.2, -0.15) is 10.2 Å². The van der Waals surface area contributed by atoms with Crippen LogP contribution >= 0.6 is 0 Å². The summed E-state index contributed by atoms with van der Waals surface area (Å²) in [4.78, 5) is 4.77. The number of benzene rings is 1. The van der Waals surface area contributed by atoms with Crippen molar-refractivity contribution in [2.45, 2.75) is 18.9 Å². The number of hydrogen-bond donors (Lipinski definition) is 2. The predicted molar refractivity (Wildman–Crippen MR) is 103 cm³/mol. The lowest BCUT2D eigenvalue weighted by Crippen LogP contribution is -2.19. The largest absolute Gasteiger partial charge is 0.497 e. The number of methoxy groups -OCH3 is 1. The maximum atomic E-state index is 5.43. The van der Waals surface area contributed by atoms with Gasteiger partial charge in [-0.05, 0) is 31.0 Å². The number of anilines is 2. The first kappa shape index (κ1) is 16.1. The molecule has 8 nitrogen and oxygen atoms in total. The average Bonchev–Trinajstić information content (AvgIpc) is 3.38. The zero-order valence-electron chi connectivity index (χ0n) is 15.0. The van der Waals surface area contributed by atoms with E-state index in [0.29, 0.717) is 6.04 Å². The van der Waals surface area contributed by atoms with Gasteiger partial charge in [0.25, 0.3) is 0 Å². The van der Waals surface area contributed by atoms with E-state index < -0.39 is 0 Å². The molecule has 2 N–H and O–H groups in total. The summed E-state index contributed by atoms with van der Waals surface area (Å²) in [5.41, 5.74) is 2.64. The number of H-pyrrole nitrogens is 1. The van der Waals surface area contributed by atoms with Gasteiger partial charge in [-0.1, -0.05) is 0 Å². The van der Waals surface area contributed by atoms with Gasteiger partial charge in [-0.15, -0.1) is 0 Å². The van der Waals surface area contributed by atoms with E-state index >= 15 is 0 Å². The highest BCUT2D eigenvalue weighted by atomic mass is 16.5. The van der Waals surface area contributed by atoms with Crippen molar-refractivity contribution in [1.29, 1.82) is 0 Å². The van der Waals surface area contributed by atoms with Crippen LogP contribution in [0.1, 0.15) is 18.9 Å². The Morgan fingerprint density at radius 2 is 2.11 bits per heavy atom. The number of ether oxygens (including phenoxy) is 2. The molecular weight excluding hydrogens is 344 g/mol. The normalized spacial score (nSPS) is 15.4. The van der Waals surface area contributed by atoms with Crippen LogP contribution in [-0.4, -0.2) is 45.3 Å². The molecule has 0 bridgehead atoms. The highest BCUT2D eigenvalue weighted by Crippen LogP contribution is 2.32. The second-order valence-electron chi connectivity index (χ2n) is 6.68. The lowest BCUT2D eigenvalue weighted by molar-refractivity contribution is 0.0662. The van der Waals surface area contributed by atoms with Crippen LogP contribution in [0.3, 0.4) is 0 Å². The van der Waals surface area contributed by atoms with Gasteiger partial charge in [-0.3, -0.25) is 9.78 Å². The Morgan fingerprint density at radius 3 is 2.96 bits per heavy atom. The molecule has 1 aliphatic heterocycles. The van der Waals surface area contributed by atoms with E-state index in [0.717, 1.165) is 65.1 Å². The van der Waals surface area contributed by atoms with E-state index in [9.17, 15) is 0 Å². The lowest BCUT2D eigenvalue weighted by Gasteiger charge is -2.22. The molecule has 5 rings (SSSR count). The van der Waals surface area contributed by atoms with E-state index in [1.54, 1.807) is 7.11 Å². The van der Waals surface area contributed by atoms with Crippen LogP contribution in [-0.2, 0) is 4.74 Å². The number of hydrogen-bond acceptors (Lipinski definition) is 6. The van der Waals surface area contributed by atoms with Gasteiger partial charge >= 0.3 is 0 Å². The first-order chi connectivity index (χ1) is 13.3. The van der Waals surface area contributed by atoms with Crippen molar-refractivity contribution in [3.05, 3.63) is 36.8 Å². The lowest BCUT2D eigenvalue weighted by atomic mass is 10.1. The standard InChI is InChI=1S/C19H20N6O2/c1-26-14-2-3-17-15(8-14)16-10-20-24-18(16)19(23-17)22-12-9-21-25(11-12)13-4-6-27-7-5-13/h2-3,8-11,13H,4-7H2,1H3,(H,20,24)(H,22,23). The fraction of sp³-hybridized carbons (Fsp3) is 0.316. The van der Waals surface area contributed by atoms with Crippen molar-refractivity contribution >= 4 is 33.3 Å². The maximum absolute atomic E-state index is 5.43. The molecule has 0 spiro atoms. The molecule has 0 unspecified atom stereocenters. The zero-order valence-corrected chi connectivity index (χ0v) is 15.0. The third-order valence-electron chi connectivity index (χ3n) is 5.03. The molecule has 0 amide bonds. The molecule has 0 atom stereocenters. The number of pyridine rings is 1. The van der Waals surface area contributed by atoms with Gasteiger partial charge < -0.3 is 14.8 Å². The summed E-state index contributed by atoms with van der Waals surface area (Å²) in [6, 6.07) is 6.23. The van der Waals surface area contributed by atoms with Gasteiger partial charge in [0.2, 0.25) is 0 Å². The molecule has 138 valence electrons. The molecule has 27 heavy (non-hydrogen) atoms. The van der Waals surface area contributed by atoms with Gasteiger partial charge in [-0.25, -0.2) is 4.98 Å². The van der Waals surface area contributed by atoms with Gasteiger partial charge in [0.15, 0.2) is 5.82 Å². The summed E-state index contributed by atoms with van der Waals surface area (Å²) < 4.78 is 12.8. The van der Waals surface area contributed by atoms with Crippen LogP contribution in [0.4, 0.5) is 11.5 Å². The first-order valence-electron chi connectivity index (χ1n) is 9.01. The Kier molecular flexibility index (Phi) is 3.90.